The summed E-state index contributed by atoms with van der Waals surface area (Å²) < 4.78 is 35.8. The minimum atomic E-state index is -3.54. The Morgan fingerprint density at radius 2 is 1.52 bits per heavy atom. The van der Waals surface area contributed by atoms with Crippen molar-refractivity contribution in [1.82, 2.24) is 4.31 Å². The van der Waals surface area contributed by atoms with Crippen LogP contribution in [0.25, 0.3) is 0 Å². The van der Waals surface area contributed by atoms with E-state index >= 15 is 0 Å². The number of ether oxygens (including phenoxy) is 1. The molecule has 4 aliphatic carbocycles. The lowest BCUT2D eigenvalue weighted by atomic mass is 9.69. The van der Waals surface area contributed by atoms with E-state index in [0.29, 0.717) is 12.3 Å². The first-order chi connectivity index (χ1) is 14.7. The average Bonchev–Trinajstić information content (AvgIpc) is 3.09. The second kappa shape index (κ2) is 8.77. The summed E-state index contributed by atoms with van der Waals surface area (Å²) in [5.74, 6) is -0.515. The fourth-order valence-electron chi connectivity index (χ4n) is 7.50. The molecule has 0 aliphatic heterocycles. The number of carbonyl (C=O) groups excluding carboxylic acids is 2. The molecule has 31 heavy (non-hydrogen) atoms. The number of esters is 1. The summed E-state index contributed by atoms with van der Waals surface area (Å²) in [4.78, 5) is 22.8. The molecule has 0 unspecified atom stereocenters. The average molecular weight is 454 g/mol. The highest BCUT2D eigenvalue weighted by Gasteiger charge is 2.67. The molecule has 4 fully saturated rings. The molecule has 0 N–H and O–H groups in total. The van der Waals surface area contributed by atoms with E-state index in [4.69, 9.17) is 4.74 Å². The molecule has 6 nitrogen and oxygen atoms in total. The van der Waals surface area contributed by atoms with Gasteiger partial charge in [0, 0.05) is 17.5 Å². The fourth-order valence-corrected chi connectivity index (χ4v) is 10.3. The van der Waals surface area contributed by atoms with Crippen molar-refractivity contribution >= 4 is 22.3 Å². The summed E-state index contributed by atoms with van der Waals surface area (Å²) in [5.41, 5.74) is -0.852. The second-order valence-corrected chi connectivity index (χ2v) is 12.9. The molecule has 0 saturated heterocycles. The summed E-state index contributed by atoms with van der Waals surface area (Å²) in [6.45, 7) is 4.28. The Kier molecular flexibility index (Phi) is 6.57. The summed E-state index contributed by atoms with van der Waals surface area (Å²) in [7, 11) is -3.54. The fraction of sp³-hybridized carbons (Fsp3) is 0.917. The van der Waals surface area contributed by atoms with E-state index in [-0.39, 0.29) is 29.5 Å². The smallest absolute Gasteiger partial charge is 0.371 e. The number of sulfonamides is 1. The van der Waals surface area contributed by atoms with Crippen LogP contribution in [0, 0.1) is 16.7 Å². The number of carbonyl (C=O) groups is 2. The largest absolute Gasteiger partial charge is 0.456 e. The molecule has 0 aromatic carbocycles. The number of rotatable bonds is 7. The van der Waals surface area contributed by atoms with E-state index in [9.17, 15) is 18.0 Å². The van der Waals surface area contributed by atoms with Crippen LogP contribution in [0.1, 0.15) is 97.3 Å². The highest BCUT2D eigenvalue weighted by molar-refractivity contribution is 7.89. The van der Waals surface area contributed by atoms with Crippen molar-refractivity contribution in [3.63, 3.8) is 0 Å². The van der Waals surface area contributed by atoms with Gasteiger partial charge in [0.2, 0.25) is 16.3 Å². The van der Waals surface area contributed by atoms with Gasteiger partial charge in [0.05, 0.1) is 5.75 Å². The van der Waals surface area contributed by atoms with Crippen LogP contribution in [0.4, 0.5) is 0 Å². The Balaban J connectivity index is 1.66. The number of hydrogen-bond donors (Lipinski definition) is 0. The normalized spacial score (nSPS) is 34.2. The number of aldehydes is 1. The third-order valence-electron chi connectivity index (χ3n) is 9.34. The third kappa shape index (κ3) is 4.09. The molecule has 0 aromatic heterocycles. The van der Waals surface area contributed by atoms with Crippen molar-refractivity contribution in [3.05, 3.63) is 0 Å². The van der Waals surface area contributed by atoms with E-state index in [2.05, 4.69) is 13.8 Å². The maximum atomic E-state index is 14.2. The highest BCUT2D eigenvalue weighted by Crippen LogP contribution is 2.67. The van der Waals surface area contributed by atoms with E-state index in [1.165, 1.54) is 12.8 Å². The Hall–Kier alpha value is -0.950. The van der Waals surface area contributed by atoms with Gasteiger partial charge in [-0.2, -0.15) is 4.31 Å². The van der Waals surface area contributed by atoms with Crippen LogP contribution in [0.5, 0.6) is 0 Å². The molecule has 4 rings (SSSR count). The predicted octanol–water partition coefficient (Wildman–Crippen LogP) is 4.22. The van der Waals surface area contributed by atoms with Crippen molar-refractivity contribution in [2.24, 2.45) is 16.7 Å². The lowest BCUT2D eigenvalue weighted by molar-refractivity contribution is -0.159. The van der Waals surface area contributed by atoms with Gasteiger partial charge < -0.3 is 4.74 Å². The molecule has 0 aromatic rings. The molecule has 2 bridgehead atoms. The first-order valence-corrected chi connectivity index (χ1v) is 14.0. The molecule has 0 spiro atoms. The van der Waals surface area contributed by atoms with Crippen LogP contribution in [-0.4, -0.2) is 48.9 Å². The zero-order valence-electron chi connectivity index (χ0n) is 19.2. The molecular weight excluding hydrogens is 414 g/mol. The van der Waals surface area contributed by atoms with Gasteiger partial charge in [-0.25, -0.2) is 13.2 Å². The third-order valence-corrected chi connectivity index (χ3v) is 11.5. The SMILES string of the molecule is CC1(C)[C@@H]2CC[C@@]1(CS(=O)(=O)N(C1CCCCC1)C1CCCCC1)[C@H](OC(=O)C=O)C2. The Labute approximate surface area is 187 Å². The van der Waals surface area contributed by atoms with Crippen molar-refractivity contribution in [3.8, 4) is 0 Å². The van der Waals surface area contributed by atoms with E-state index in [1.54, 1.807) is 0 Å². The molecule has 0 radical (unpaired) electrons. The first-order valence-electron chi connectivity index (χ1n) is 12.4. The van der Waals surface area contributed by atoms with E-state index in [0.717, 1.165) is 64.2 Å². The molecule has 7 heteroatoms. The second-order valence-electron chi connectivity index (χ2n) is 11.1. The van der Waals surface area contributed by atoms with Crippen molar-refractivity contribution in [1.29, 1.82) is 0 Å². The maximum Gasteiger partial charge on any atom is 0.371 e. The van der Waals surface area contributed by atoms with E-state index < -0.39 is 27.5 Å². The lowest BCUT2D eigenvalue weighted by Crippen LogP contribution is -2.54. The Bertz CT molecular complexity index is 764. The topological polar surface area (TPSA) is 80.8 Å². The van der Waals surface area contributed by atoms with Crippen LogP contribution in [0.15, 0.2) is 0 Å². The number of fused-ring (bicyclic) bond motifs is 2. The molecule has 4 aliphatic rings. The molecule has 176 valence electrons. The van der Waals surface area contributed by atoms with Gasteiger partial charge >= 0.3 is 5.97 Å². The highest BCUT2D eigenvalue weighted by atomic mass is 32.2. The van der Waals surface area contributed by atoms with Gasteiger partial charge in [-0.1, -0.05) is 52.4 Å². The molecular formula is C24H39NO5S. The summed E-state index contributed by atoms with van der Waals surface area (Å²) in [5, 5.41) is 0. The van der Waals surface area contributed by atoms with Gasteiger partial charge in [-0.3, -0.25) is 4.79 Å². The van der Waals surface area contributed by atoms with Crippen molar-refractivity contribution in [2.75, 3.05) is 5.75 Å². The summed E-state index contributed by atoms with van der Waals surface area (Å²) >= 11 is 0. The standard InChI is InChI=1S/C24H39NO5S/c1-23(2)18-13-14-24(23,21(15-18)30-22(27)16-26)17-31(28,29)25(19-9-5-3-6-10-19)20-11-7-4-8-12-20/h16,18-21H,3-15,17H2,1-2H3/t18-,21-,24-/m1/s1. The monoisotopic (exact) mass is 453 g/mol. The molecule has 0 amide bonds. The molecule has 4 saturated carbocycles. The van der Waals surface area contributed by atoms with Crippen LogP contribution in [0.2, 0.25) is 0 Å². The zero-order valence-corrected chi connectivity index (χ0v) is 20.0. The zero-order chi connectivity index (χ0) is 22.3. The Morgan fingerprint density at radius 1 is 0.968 bits per heavy atom. The van der Waals surface area contributed by atoms with Crippen LogP contribution >= 0.6 is 0 Å². The Morgan fingerprint density at radius 3 is 2.00 bits per heavy atom. The summed E-state index contributed by atoms with van der Waals surface area (Å²) in [6.07, 6.45) is 12.7. The molecule has 3 atom stereocenters. The maximum absolute atomic E-state index is 14.2. The number of nitrogens with zero attached hydrogens (tertiary/aromatic N) is 1. The van der Waals surface area contributed by atoms with Crippen LogP contribution in [0.3, 0.4) is 0 Å². The first kappa shape index (κ1) is 23.2. The minimum Gasteiger partial charge on any atom is -0.456 e. The van der Waals surface area contributed by atoms with E-state index in [1.807, 2.05) is 4.31 Å². The van der Waals surface area contributed by atoms with Gasteiger partial charge in [0.1, 0.15) is 6.10 Å². The van der Waals surface area contributed by atoms with Gasteiger partial charge in [0.15, 0.2) is 0 Å². The van der Waals surface area contributed by atoms with Crippen LogP contribution in [-0.2, 0) is 24.3 Å². The van der Waals surface area contributed by atoms with Gasteiger partial charge in [-0.15, -0.1) is 0 Å². The van der Waals surface area contributed by atoms with Crippen LogP contribution < -0.4 is 0 Å². The predicted molar refractivity (Wildman–Crippen MR) is 119 cm³/mol. The minimum absolute atomic E-state index is 0.0350. The van der Waals surface area contributed by atoms with Gasteiger partial charge in [-0.05, 0) is 56.3 Å². The van der Waals surface area contributed by atoms with Crippen molar-refractivity contribution < 1.29 is 22.7 Å². The number of hydrogen-bond acceptors (Lipinski definition) is 5. The van der Waals surface area contributed by atoms with Crippen molar-refractivity contribution in [2.45, 2.75) is 116 Å². The van der Waals surface area contributed by atoms with Gasteiger partial charge in [0.25, 0.3) is 0 Å². The quantitative estimate of drug-likeness (QED) is 0.327. The molecule has 0 heterocycles. The summed E-state index contributed by atoms with van der Waals surface area (Å²) in [6, 6.07) is 0.215. The lowest BCUT2D eigenvalue weighted by Gasteiger charge is -2.46.